The Kier molecular flexibility index (Phi) is 3.68. The summed E-state index contributed by atoms with van der Waals surface area (Å²) in [5.41, 5.74) is -0.122. The van der Waals surface area contributed by atoms with Gasteiger partial charge in [0.15, 0.2) is 0 Å². The summed E-state index contributed by atoms with van der Waals surface area (Å²) in [5.74, 6) is 0.0880. The Balaban J connectivity index is 2.07. The van der Waals surface area contributed by atoms with Crippen LogP contribution in [0.1, 0.15) is 19.8 Å². The zero-order valence-corrected chi connectivity index (χ0v) is 11.0. The van der Waals surface area contributed by atoms with Crippen molar-refractivity contribution in [3.63, 3.8) is 0 Å². The minimum absolute atomic E-state index is 0.0440. The number of anilines is 1. The molecular weight excluding hydrogens is 250 g/mol. The zero-order valence-electron chi connectivity index (χ0n) is 11.0. The number of nitrogens with zero attached hydrogens (tertiary/aromatic N) is 4. The summed E-state index contributed by atoms with van der Waals surface area (Å²) in [5, 5.41) is 17.7. The lowest BCUT2D eigenvalue weighted by Gasteiger charge is -2.20. The van der Waals surface area contributed by atoms with Crippen LogP contribution in [0.4, 0.5) is 11.5 Å². The smallest absolute Gasteiger partial charge is 0.330 e. The summed E-state index contributed by atoms with van der Waals surface area (Å²) in [6.45, 7) is 3.21. The Morgan fingerprint density at radius 3 is 2.74 bits per heavy atom. The number of hydrogen-bond donors (Lipinski definition) is 1. The molecule has 1 atom stereocenters. The van der Waals surface area contributed by atoms with Crippen LogP contribution in [0, 0.1) is 10.1 Å². The highest BCUT2D eigenvalue weighted by Crippen LogP contribution is 2.22. The minimum Gasteiger partial charge on any atom is -0.351 e. The van der Waals surface area contributed by atoms with Crippen LogP contribution in [0.25, 0.3) is 0 Å². The average Bonchev–Trinajstić information content (AvgIpc) is 2.97. The van der Waals surface area contributed by atoms with Crippen LogP contribution in [0.2, 0.25) is 0 Å². The number of aryl methyl sites for hydroxylation is 1. The number of amides is 1. The van der Waals surface area contributed by atoms with E-state index in [0.717, 1.165) is 25.9 Å². The van der Waals surface area contributed by atoms with Gasteiger partial charge in [0.25, 0.3) is 0 Å². The van der Waals surface area contributed by atoms with E-state index in [1.807, 2.05) is 0 Å². The van der Waals surface area contributed by atoms with Gasteiger partial charge < -0.3 is 10.2 Å². The van der Waals surface area contributed by atoms with Gasteiger partial charge in [-0.1, -0.05) is 0 Å². The molecule has 8 nitrogen and oxygen atoms in total. The molecule has 1 aliphatic rings. The fraction of sp³-hybridized carbons (Fsp3) is 0.636. The normalized spacial score (nSPS) is 16.4. The largest absolute Gasteiger partial charge is 0.351 e. The third-order valence-corrected chi connectivity index (χ3v) is 3.15. The predicted octanol–water partition coefficient (Wildman–Crippen LogP) is 0.751. The van der Waals surface area contributed by atoms with Crippen molar-refractivity contribution in [2.45, 2.75) is 25.8 Å². The van der Waals surface area contributed by atoms with Crippen molar-refractivity contribution in [2.75, 3.05) is 18.4 Å². The Morgan fingerprint density at radius 2 is 2.16 bits per heavy atom. The van der Waals surface area contributed by atoms with Gasteiger partial charge in [0.05, 0.1) is 4.92 Å². The third kappa shape index (κ3) is 2.83. The first-order chi connectivity index (χ1) is 8.99. The molecule has 2 rings (SSSR count). The van der Waals surface area contributed by atoms with Crippen LogP contribution >= 0.6 is 0 Å². The lowest BCUT2D eigenvalue weighted by Crippen LogP contribution is -2.39. The van der Waals surface area contributed by atoms with Gasteiger partial charge in [0.2, 0.25) is 11.7 Å². The van der Waals surface area contributed by atoms with E-state index in [4.69, 9.17) is 0 Å². The molecule has 0 radical (unpaired) electrons. The molecule has 19 heavy (non-hydrogen) atoms. The molecule has 1 amide bonds. The zero-order chi connectivity index (χ0) is 14.0. The maximum atomic E-state index is 12.1. The van der Waals surface area contributed by atoms with Gasteiger partial charge in [-0.3, -0.25) is 19.6 Å². The van der Waals surface area contributed by atoms with Crippen LogP contribution in [0.5, 0.6) is 0 Å². The number of nitro groups is 1. The number of likely N-dealkylation sites (tertiary alicyclic amines) is 1. The highest BCUT2D eigenvalue weighted by atomic mass is 16.6. The average molecular weight is 267 g/mol. The van der Waals surface area contributed by atoms with Gasteiger partial charge in [0.1, 0.15) is 12.2 Å². The fourth-order valence-electron chi connectivity index (χ4n) is 2.19. The Hall–Kier alpha value is -2.12. The van der Waals surface area contributed by atoms with Crippen molar-refractivity contribution in [2.24, 2.45) is 7.05 Å². The standard InChI is InChI=1S/C11H17N5O3/c1-8(11(17)15-5-3-4-6-15)12-10-9(16(18)19)7-14(2)13-10/h7-8H,3-6H2,1-2H3,(H,12,13). The second kappa shape index (κ2) is 5.25. The number of rotatable bonds is 4. The molecule has 0 spiro atoms. The van der Waals surface area contributed by atoms with Crippen molar-refractivity contribution in [1.29, 1.82) is 0 Å². The van der Waals surface area contributed by atoms with E-state index in [-0.39, 0.29) is 17.4 Å². The summed E-state index contributed by atoms with van der Waals surface area (Å²) in [4.78, 5) is 24.2. The Morgan fingerprint density at radius 1 is 1.53 bits per heavy atom. The van der Waals surface area contributed by atoms with E-state index >= 15 is 0 Å². The number of carbonyl (C=O) groups excluding carboxylic acids is 1. The summed E-state index contributed by atoms with van der Waals surface area (Å²) in [6, 6.07) is -0.522. The highest BCUT2D eigenvalue weighted by molar-refractivity contribution is 5.84. The predicted molar refractivity (Wildman–Crippen MR) is 68.8 cm³/mol. The van der Waals surface area contributed by atoms with Gasteiger partial charge in [-0.2, -0.15) is 0 Å². The van der Waals surface area contributed by atoms with E-state index in [0.29, 0.717) is 0 Å². The van der Waals surface area contributed by atoms with Crippen molar-refractivity contribution >= 4 is 17.4 Å². The van der Waals surface area contributed by atoms with Crippen molar-refractivity contribution in [3.8, 4) is 0 Å². The number of aromatic nitrogens is 2. The Labute approximate surface area is 110 Å². The molecule has 2 heterocycles. The lowest BCUT2D eigenvalue weighted by molar-refractivity contribution is -0.384. The quantitative estimate of drug-likeness (QED) is 0.642. The SMILES string of the molecule is CC(Nc1nn(C)cc1[N+](=O)[O-])C(=O)N1CCCC1. The monoisotopic (exact) mass is 267 g/mol. The molecule has 1 saturated heterocycles. The topological polar surface area (TPSA) is 93.3 Å². The molecule has 104 valence electrons. The second-order valence-electron chi connectivity index (χ2n) is 4.69. The van der Waals surface area contributed by atoms with Crippen LogP contribution in [0.15, 0.2) is 6.20 Å². The first kappa shape index (κ1) is 13.3. The first-order valence-corrected chi connectivity index (χ1v) is 6.22. The third-order valence-electron chi connectivity index (χ3n) is 3.15. The molecular formula is C11H17N5O3. The molecule has 1 unspecified atom stereocenters. The van der Waals surface area contributed by atoms with Crippen molar-refractivity contribution < 1.29 is 9.72 Å². The molecule has 1 aromatic rings. The molecule has 1 fully saturated rings. The summed E-state index contributed by atoms with van der Waals surface area (Å²) >= 11 is 0. The molecule has 8 heteroatoms. The molecule has 1 N–H and O–H groups in total. The van der Waals surface area contributed by atoms with Gasteiger partial charge in [-0.25, -0.2) is 0 Å². The minimum atomic E-state index is -0.522. The van der Waals surface area contributed by atoms with Crippen LogP contribution in [-0.2, 0) is 11.8 Å². The molecule has 0 bridgehead atoms. The Bertz CT molecular complexity index is 493. The molecule has 1 aliphatic heterocycles. The highest BCUT2D eigenvalue weighted by Gasteiger charge is 2.26. The molecule has 0 aliphatic carbocycles. The first-order valence-electron chi connectivity index (χ1n) is 6.22. The van der Waals surface area contributed by atoms with E-state index in [1.54, 1.807) is 18.9 Å². The van der Waals surface area contributed by atoms with E-state index in [9.17, 15) is 14.9 Å². The van der Waals surface area contributed by atoms with Gasteiger partial charge in [-0.15, -0.1) is 5.10 Å². The fourth-order valence-corrected chi connectivity index (χ4v) is 2.19. The van der Waals surface area contributed by atoms with Crippen molar-refractivity contribution in [3.05, 3.63) is 16.3 Å². The van der Waals surface area contributed by atoms with Crippen LogP contribution < -0.4 is 5.32 Å². The summed E-state index contributed by atoms with van der Waals surface area (Å²) in [6.07, 6.45) is 3.35. The lowest BCUT2D eigenvalue weighted by atomic mass is 10.3. The molecule has 1 aromatic heterocycles. The van der Waals surface area contributed by atoms with E-state index in [2.05, 4.69) is 10.4 Å². The van der Waals surface area contributed by atoms with Gasteiger partial charge in [-0.05, 0) is 19.8 Å². The maximum Gasteiger partial charge on any atom is 0.330 e. The van der Waals surface area contributed by atoms with E-state index < -0.39 is 11.0 Å². The van der Waals surface area contributed by atoms with E-state index in [1.165, 1.54) is 10.9 Å². The molecule has 0 aromatic carbocycles. The van der Waals surface area contributed by atoms with Crippen molar-refractivity contribution in [1.82, 2.24) is 14.7 Å². The molecule has 0 saturated carbocycles. The maximum absolute atomic E-state index is 12.1. The van der Waals surface area contributed by atoms with Crippen LogP contribution in [0.3, 0.4) is 0 Å². The second-order valence-corrected chi connectivity index (χ2v) is 4.69. The number of carbonyl (C=O) groups is 1. The number of nitrogens with one attached hydrogen (secondary N) is 1. The van der Waals surface area contributed by atoms with Gasteiger partial charge >= 0.3 is 5.69 Å². The van der Waals surface area contributed by atoms with Gasteiger partial charge in [0, 0.05) is 20.1 Å². The summed E-state index contributed by atoms with van der Waals surface area (Å²) < 4.78 is 1.35. The van der Waals surface area contributed by atoms with Crippen LogP contribution in [-0.4, -0.2) is 44.6 Å². The summed E-state index contributed by atoms with van der Waals surface area (Å²) in [7, 11) is 1.60. The number of hydrogen-bond acceptors (Lipinski definition) is 5.